The predicted octanol–water partition coefficient (Wildman–Crippen LogP) is 2.92. The monoisotopic (exact) mass is 348 g/mol. The van der Waals surface area contributed by atoms with Gasteiger partial charge in [0.2, 0.25) is 0 Å². The first kappa shape index (κ1) is 17.3. The van der Waals surface area contributed by atoms with Gasteiger partial charge in [0, 0.05) is 17.7 Å². The molecule has 0 atom stereocenters. The van der Waals surface area contributed by atoms with Gasteiger partial charge in [-0.2, -0.15) is 0 Å². The molecular formula is C20H16N2O4. The zero-order valence-corrected chi connectivity index (χ0v) is 14.1. The van der Waals surface area contributed by atoms with Crippen molar-refractivity contribution in [2.75, 3.05) is 11.9 Å². The van der Waals surface area contributed by atoms with E-state index in [1.165, 1.54) is 31.2 Å². The average Bonchev–Trinajstić information content (AvgIpc) is 2.87. The van der Waals surface area contributed by atoms with E-state index in [-0.39, 0.29) is 29.0 Å². The number of para-hydroxylation sites is 1. The summed E-state index contributed by atoms with van der Waals surface area (Å²) in [4.78, 5) is 49.8. The minimum absolute atomic E-state index is 0.111. The highest BCUT2D eigenvalue weighted by Crippen LogP contribution is 2.25. The number of amides is 3. The minimum Gasteiger partial charge on any atom is -0.321 e. The van der Waals surface area contributed by atoms with Gasteiger partial charge in [0.05, 0.1) is 16.8 Å². The van der Waals surface area contributed by atoms with Gasteiger partial charge in [0.25, 0.3) is 17.7 Å². The van der Waals surface area contributed by atoms with E-state index in [9.17, 15) is 19.2 Å². The molecule has 0 saturated heterocycles. The topological polar surface area (TPSA) is 83.6 Å². The molecule has 2 aromatic rings. The van der Waals surface area contributed by atoms with E-state index in [1.807, 2.05) is 0 Å². The van der Waals surface area contributed by atoms with Gasteiger partial charge in [-0.25, -0.2) is 0 Å². The van der Waals surface area contributed by atoms with Crippen molar-refractivity contribution in [1.29, 1.82) is 0 Å². The number of nitrogens with zero attached hydrogens (tertiary/aromatic N) is 1. The van der Waals surface area contributed by atoms with Crippen molar-refractivity contribution in [1.82, 2.24) is 4.90 Å². The molecule has 1 N–H and O–H groups in total. The van der Waals surface area contributed by atoms with Crippen LogP contribution in [-0.2, 0) is 0 Å². The maximum Gasteiger partial charge on any atom is 0.261 e. The molecule has 1 aliphatic rings. The van der Waals surface area contributed by atoms with E-state index in [4.69, 9.17) is 0 Å². The van der Waals surface area contributed by atoms with Crippen LogP contribution < -0.4 is 5.32 Å². The zero-order valence-electron chi connectivity index (χ0n) is 14.1. The summed E-state index contributed by atoms with van der Waals surface area (Å²) in [6.45, 7) is 5.06. The van der Waals surface area contributed by atoms with E-state index >= 15 is 0 Å². The maximum absolute atomic E-state index is 12.5. The van der Waals surface area contributed by atoms with Crippen molar-refractivity contribution < 1.29 is 19.2 Å². The van der Waals surface area contributed by atoms with Gasteiger partial charge < -0.3 is 5.32 Å². The summed E-state index contributed by atoms with van der Waals surface area (Å²) in [7, 11) is 0. The molecule has 2 aromatic carbocycles. The first-order valence-corrected chi connectivity index (χ1v) is 7.96. The van der Waals surface area contributed by atoms with Crippen molar-refractivity contribution in [3.05, 3.63) is 77.4 Å². The van der Waals surface area contributed by atoms with Crippen molar-refractivity contribution in [2.45, 2.75) is 6.92 Å². The van der Waals surface area contributed by atoms with Crippen LogP contribution in [0.25, 0.3) is 0 Å². The molecule has 0 saturated carbocycles. The number of rotatable bonds is 5. The maximum atomic E-state index is 12.5. The Morgan fingerprint density at radius 3 is 2.46 bits per heavy atom. The number of Topliss-reactive ketones (excluding diaryl/α,β-unsaturated/α-hetero) is 1. The van der Waals surface area contributed by atoms with Crippen LogP contribution in [0.1, 0.15) is 48.4 Å². The van der Waals surface area contributed by atoms with E-state index in [2.05, 4.69) is 11.9 Å². The molecule has 6 nitrogen and oxygen atoms in total. The largest absolute Gasteiger partial charge is 0.321 e. The summed E-state index contributed by atoms with van der Waals surface area (Å²) in [5, 5.41) is 2.68. The Morgan fingerprint density at radius 2 is 1.77 bits per heavy atom. The first-order valence-electron chi connectivity index (χ1n) is 7.96. The van der Waals surface area contributed by atoms with Crippen molar-refractivity contribution in [3.8, 4) is 0 Å². The summed E-state index contributed by atoms with van der Waals surface area (Å²) >= 11 is 0. The van der Waals surface area contributed by atoms with Crippen LogP contribution in [0.5, 0.6) is 0 Å². The molecule has 26 heavy (non-hydrogen) atoms. The van der Waals surface area contributed by atoms with Crippen LogP contribution in [0, 0.1) is 0 Å². The van der Waals surface area contributed by atoms with Gasteiger partial charge in [-0.3, -0.25) is 24.1 Å². The van der Waals surface area contributed by atoms with Gasteiger partial charge in [0.15, 0.2) is 5.78 Å². The first-order chi connectivity index (χ1) is 12.4. The number of hydrogen-bond acceptors (Lipinski definition) is 4. The molecule has 0 fully saturated rings. The summed E-state index contributed by atoms with van der Waals surface area (Å²) in [6, 6.07) is 11.0. The number of ketones is 1. The molecule has 0 aromatic heterocycles. The second kappa shape index (κ2) is 6.76. The van der Waals surface area contributed by atoms with E-state index in [0.717, 1.165) is 4.90 Å². The number of carbonyl (C=O) groups excluding carboxylic acids is 4. The average molecular weight is 348 g/mol. The smallest absolute Gasteiger partial charge is 0.261 e. The quantitative estimate of drug-likeness (QED) is 0.511. The lowest BCUT2D eigenvalue weighted by atomic mass is 10.0. The van der Waals surface area contributed by atoms with Crippen LogP contribution >= 0.6 is 0 Å². The third kappa shape index (κ3) is 2.93. The Labute approximate surface area is 150 Å². The van der Waals surface area contributed by atoms with E-state index in [1.54, 1.807) is 24.3 Å². The molecule has 1 aliphatic heterocycles. The second-order valence-electron chi connectivity index (χ2n) is 5.83. The molecule has 1 heterocycles. The second-order valence-corrected chi connectivity index (χ2v) is 5.83. The predicted molar refractivity (Wildman–Crippen MR) is 96.4 cm³/mol. The van der Waals surface area contributed by atoms with Gasteiger partial charge in [-0.15, -0.1) is 6.58 Å². The molecule has 0 bridgehead atoms. The van der Waals surface area contributed by atoms with Gasteiger partial charge in [0.1, 0.15) is 0 Å². The van der Waals surface area contributed by atoms with Crippen molar-refractivity contribution in [3.63, 3.8) is 0 Å². The van der Waals surface area contributed by atoms with E-state index < -0.39 is 17.7 Å². The van der Waals surface area contributed by atoms with Crippen molar-refractivity contribution >= 4 is 29.2 Å². The minimum atomic E-state index is -0.469. The van der Waals surface area contributed by atoms with Crippen LogP contribution in [0.2, 0.25) is 0 Å². The Balaban J connectivity index is 1.90. The fourth-order valence-corrected chi connectivity index (χ4v) is 2.82. The lowest BCUT2D eigenvalue weighted by Crippen LogP contribution is -2.29. The van der Waals surface area contributed by atoms with Gasteiger partial charge in [-0.05, 0) is 37.3 Å². The zero-order chi connectivity index (χ0) is 18.8. The molecule has 0 unspecified atom stereocenters. The molecule has 130 valence electrons. The summed E-state index contributed by atoms with van der Waals surface area (Å²) in [5.74, 6) is -1.50. The number of fused-ring (bicyclic) bond motifs is 1. The molecule has 3 amide bonds. The standard InChI is InChI=1S/C20H16N2O4/c1-3-10-22-19(25)15-9-8-13(11-16(15)20(22)26)18(24)21-17-7-5-4-6-14(17)12(2)23/h3-9,11H,1,10H2,2H3,(H,21,24). The Kier molecular flexibility index (Phi) is 4.49. The molecular weight excluding hydrogens is 332 g/mol. The molecule has 0 aliphatic carbocycles. The van der Waals surface area contributed by atoms with Crippen LogP contribution in [0.4, 0.5) is 5.69 Å². The lowest BCUT2D eigenvalue weighted by molar-refractivity contribution is 0.0671. The fourth-order valence-electron chi connectivity index (χ4n) is 2.82. The number of anilines is 1. The lowest BCUT2D eigenvalue weighted by Gasteiger charge is -2.10. The van der Waals surface area contributed by atoms with Crippen molar-refractivity contribution in [2.24, 2.45) is 0 Å². The fraction of sp³-hybridized carbons (Fsp3) is 0.100. The highest BCUT2D eigenvalue weighted by Gasteiger charge is 2.35. The van der Waals surface area contributed by atoms with Gasteiger partial charge >= 0.3 is 0 Å². The number of imide groups is 1. The number of hydrogen-bond donors (Lipinski definition) is 1. The normalized spacial score (nSPS) is 12.7. The number of nitrogens with one attached hydrogen (secondary N) is 1. The molecule has 3 rings (SSSR count). The number of carbonyl (C=O) groups is 4. The van der Waals surface area contributed by atoms with Gasteiger partial charge in [-0.1, -0.05) is 18.2 Å². The SMILES string of the molecule is C=CCN1C(=O)c2ccc(C(=O)Nc3ccccc3C(C)=O)cc2C1=O. The summed E-state index contributed by atoms with van der Waals surface area (Å²) in [6.07, 6.45) is 1.47. The Hall–Kier alpha value is -3.54. The summed E-state index contributed by atoms with van der Waals surface area (Å²) in [5.41, 5.74) is 1.46. The number of benzene rings is 2. The summed E-state index contributed by atoms with van der Waals surface area (Å²) < 4.78 is 0. The molecule has 6 heteroatoms. The third-order valence-corrected chi connectivity index (χ3v) is 4.10. The molecule has 0 spiro atoms. The van der Waals surface area contributed by atoms with E-state index in [0.29, 0.717) is 11.3 Å². The molecule has 0 radical (unpaired) electrons. The highest BCUT2D eigenvalue weighted by molar-refractivity contribution is 6.22. The highest BCUT2D eigenvalue weighted by atomic mass is 16.2. The van der Waals surface area contributed by atoms with Crippen LogP contribution in [0.15, 0.2) is 55.1 Å². The third-order valence-electron chi connectivity index (χ3n) is 4.10. The van der Waals surface area contributed by atoms with Crippen LogP contribution in [0.3, 0.4) is 0 Å². The Bertz CT molecular complexity index is 962. The van der Waals surface area contributed by atoms with Crippen LogP contribution in [-0.4, -0.2) is 34.9 Å². The Morgan fingerprint density at radius 1 is 1.08 bits per heavy atom.